The van der Waals surface area contributed by atoms with E-state index in [1.165, 1.54) is 0 Å². The van der Waals surface area contributed by atoms with Crippen molar-refractivity contribution in [3.05, 3.63) is 0 Å². The van der Waals surface area contributed by atoms with Crippen LogP contribution < -0.4 is 5.73 Å². The Balaban J connectivity index is 2.73. The Morgan fingerprint density at radius 3 is 1.83 bits per heavy atom. The largest absolute Gasteiger partial charge is 0.395 e. The predicted molar refractivity (Wildman–Crippen MR) is 40.6 cm³/mol. The SMILES string of the molecule is NCC1(C(F)(F)F)CCCCC1. The van der Waals surface area contributed by atoms with Crippen molar-refractivity contribution in [2.24, 2.45) is 11.1 Å². The monoisotopic (exact) mass is 181 g/mol. The van der Waals surface area contributed by atoms with Crippen LogP contribution in [0.15, 0.2) is 0 Å². The van der Waals surface area contributed by atoms with Gasteiger partial charge in [0.25, 0.3) is 0 Å². The predicted octanol–water partition coefficient (Wildman–Crippen LogP) is 2.46. The molecule has 1 rings (SSSR count). The Labute approximate surface area is 70.1 Å². The van der Waals surface area contributed by atoms with Gasteiger partial charge in [-0.15, -0.1) is 0 Å². The first-order chi connectivity index (χ1) is 5.52. The number of hydrogen-bond acceptors (Lipinski definition) is 1. The molecule has 1 aliphatic rings. The summed E-state index contributed by atoms with van der Waals surface area (Å²) < 4.78 is 37.6. The molecule has 0 aromatic carbocycles. The molecule has 0 aromatic heterocycles. The zero-order chi connectivity index (χ0) is 9.24. The lowest BCUT2D eigenvalue weighted by Gasteiger charge is -2.37. The van der Waals surface area contributed by atoms with Gasteiger partial charge in [-0.25, -0.2) is 0 Å². The second kappa shape index (κ2) is 3.24. The maximum absolute atomic E-state index is 12.5. The molecule has 0 amide bonds. The summed E-state index contributed by atoms with van der Waals surface area (Å²) in [4.78, 5) is 0. The lowest BCUT2D eigenvalue weighted by atomic mass is 9.73. The second-order valence-corrected chi connectivity index (χ2v) is 3.54. The van der Waals surface area contributed by atoms with Gasteiger partial charge >= 0.3 is 6.18 Å². The van der Waals surface area contributed by atoms with Gasteiger partial charge in [-0.2, -0.15) is 13.2 Å². The molecule has 0 atom stereocenters. The van der Waals surface area contributed by atoms with Crippen LogP contribution in [-0.4, -0.2) is 12.7 Å². The summed E-state index contributed by atoms with van der Waals surface area (Å²) in [5, 5.41) is 0. The van der Waals surface area contributed by atoms with E-state index in [0.29, 0.717) is 12.8 Å². The highest BCUT2D eigenvalue weighted by Gasteiger charge is 2.53. The molecule has 0 saturated heterocycles. The summed E-state index contributed by atoms with van der Waals surface area (Å²) in [6, 6.07) is 0. The van der Waals surface area contributed by atoms with Gasteiger partial charge in [0.2, 0.25) is 0 Å². The van der Waals surface area contributed by atoms with E-state index in [0.717, 1.165) is 6.42 Å². The number of rotatable bonds is 1. The van der Waals surface area contributed by atoms with Crippen molar-refractivity contribution in [1.29, 1.82) is 0 Å². The van der Waals surface area contributed by atoms with Crippen LogP contribution in [0, 0.1) is 5.41 Å². The molecular formula is C8H14F3N. The van der Waals surface area contributed by atoms with Crippen LogP contribution in [0.1, 0.15) is 32.1 Å². The maximum Gasteiger partial charge on any atom is 0.395 e. The van der Waals surface area contributed by atoms with E-state index in [1.807, 2.05) is 0 Å². The van der Waals surface area contributed by atoms with Crippen molar-refractivity contribution in [3.8, 4) is 0 Å². The van der Waals surface area contributed by atoms with Gasteiger partial charge in [0.05, 0.1) is 5.41 Å². The van der Waals surface area contributed by atoms with E-state index < -0.39 is 11.6 Å². The number of halogens is 3. The maximum atomic E-state index is 12.5. The summed E-state index contributed by atoms with van der Waals surface area (Å²) in [6.45, 7) is -0.253. The molecule has 0 unspecified atom stereocenters. The van der Waals surface area contributed by atoms with Gasteiger partial charge in [0.15, 0.2) is 0 Å². The highest BCUT2D eigenvalue weighted by atomic mass is 19.4. The second-order valence-electron chi connectivity index (χ2n) is 3.54. The van der Waals surface area contributed by atoms with Crippen molar-refractivity contribution in [1.82, 2.24) is 0 Å². The smallest absolute Gasteiger partial charge is 0.330 e. The highest BCUT2D eigenvalue weighted by Crippen LogP contribution is 2.47. The fourth-order valence-electron chi connectivity index (χ4n) is 1.83. The number of hydrogen-bond donors (Lipinski definition) is 1. The lowest BCUT2D eigenvalue weighted by molar-refractivity contribution is -0.230. The van der Waals surface area contributed by atoms with Gasteiger partial charge in [-0.05, 0) is 12.8 Å². The van der Waals surface area contributed by atoms with Crippen molar-refractivity contribution >= 4 is 0 Å². The normalized spacial score (nSPS) is 24.0. The van der Waals surface area contributed by atoms with E-state index in [2.05, 4.69) is 0 Å². The van der Waals surface area contributed by atoms with Gasteiger partial charge in [0, 0.05) is 6.54 Å². The molecule has 0 aliphatic heterocycles. The topological polar surface area (TPSA) is 26.0 Å². The van der Waals surface area contributed by atoms with Gasteiger partial charge in [0.1, 0.15) is 0 Å². The van der Waals surface area contributed by atoms with Crippen molar-refractivity contribution in [3.63, 3.8) is 0 Å². The highest BCUT2D eigenvalue weighted by molar-refractivity contribution is 4.89. The van der Waals surface area contributed by atoms with Crippen LogP contribution in [0.25, 0.3) is 0 Å². The molecule has 1 nitrogen and oxygen atoms in total. The Hall–Kier alpha value is -0.250. The molecule has 1 aliphatic carbocycles. The van der Waals surface area contributed by atoms with E-state index in [4.69, 9.17) is 5.73 Å². The van der Waals surface area contributed by atoms with Crippen LogP contribution in [0.3, 0.4) is 0 Å². The summed E-state index contributed by atoms with van der Waals surface area (Å²) in [7, 11) is 0. The summed E-state index contributed by atoms with van der Waals surface area (Å²) in [5.74, 6) is 0. The fourth-order valence-corrected chi connectivity index (χ4v) is 1.83. The minimum atomic E-state index is -4.11. The molecular weight excluding hydrogens is 167 g/mol. The minimum Gasteiger partial charge on any atom is -0.330 e. The Kier molecular flexibility index (Phi) is 2.66. The molecule has 12 heavy (non-hydrogen) atoms. The minimum absolute atomic E-state index is 0.215. The van der Waals surface area contributed by atoms with Gasteiger partial charge in [-0.3, -0.25) is 0 Å². The van der Waals surface area contributed by atoms with Crippen LogP contribution in [0.2, 0.25) is 0 Å². The molecule has 0 aromatic rings. The molecule has 0 radical (unpaired) electrons. The van der Waals surface area contributed by atoms with E-state index in [-0.39, 0.29) is 19.4 Å². The third-order valence-electron chi connectivity index (χ3n) is 2.80. The Bertz CT molecular complexity index is 147. The first-order valence-electron chi connectivity index (χ1n) is 4.29. The Morgan fingerprint density at radius 2 is 1.58 bits per heavy atom. The first-order valence-corrected chi connectivity index (χ1v) is 4.29. The average molecular weight is 181 g/mol. The summed E-state index contributed by atoms with van der Waals surface area (Å²) in [5.41, 5.74) is 3.64. The number of nitrogens with two attached hydrogens (primary N) is 1. The average Bonchev–Trinajstić information content (AvgIpc) is 2.04. The fraction of sp³-hybridized carbons (Fsp3) is 1.00. The zero-order valence-corrected chi connectivity index (χ0v) is 6.95. The standard InChI is InChI=1S/C8H14F3N/c9-8(10,11)7(6-12)4-2-1-3-5-7/h1-6,12H2. The molecule has 0 spiro atoms. The van der Waals surface area contributed by atoms with Crippen LogP contribution in [-0.2, 0) is 0 Å². The molecule has 72 valence electrons. The molecule has 0 bridgehead atoms. The van der Waals surface area contributed by atoms with Crippen LogP contribution >= 0.6 is 0 Å². The molecule has 0 heterocycles. The van der Waals surface area contributed by atoms with E-state index >= 15 is 0 Å². The summed E-state index contributed by atoms with van der Waals surface area (Å²) in [6.07, 6.45) is -1.44. The lowest BCUT2D eigenvalue weighted by Crippen LogP contribution is -2.45. The van der Waals surface area contributed by atoms with Gasteiger partial charge in [-0.1, -0.05) is 19.3 Å². The molecule has 4 heteroatoms. The molecule has 2 N–H and O–H groups in total. The number of alkyl halides is 3. The van der Waals surface area contributed by atoms with E-state index in [1.54, 1.807) is 0 Å². The quantitative estimate of drug-likeness (QED) is 0.660. The van der Waals surface area contributed by atoms with Crippen molar-refractivity contribution in [2.75, 3.05) is 6.54 Å². The summed E-state index contributed by atoms with van der Waals surface area (Å²) >= 11 is 0. The third-order valence-corrected chi connectivity index (χ3v) is 2.80. The molecule has 1 saturated carbocycles. The first kappa shape index (κ1) is 9.84. The zero-order valence-electron chi connectivity index (χ0n) is 6.95. The third kappa shape index (κ3) is 1.58. The van der Waals surface area contributed by atoms with Crippen LogP contribution in [0.4, 0.5) is 13.2 Å². The van der Waals surface area contributed by atoms with Gasteiger partial charge < -0.3 is 5.73 Å². The molecule has 1 fully saturated rings. The van der Waals surface area contributed by atoms with Crippen LogP contribution in [0.5, 0.6) is 0 Å². The Morgan fingerprint density at radius 1 is 1.08 bits per heavy atom. The van der Waals surface area contributed by atoms with Crippen molar-refractivity contribution < 1.29 is 13.2 Å². The van der Waals surface area contributed by atoms with Crippen molar-refractivity contribution in [2.45, 2.75) is 38.3 Å². The van der Waals surface area contributed by atoms with E-state index in [9.17, 15) is 13.2 Å².